The highest BCUT2D eigenvalue weighted by atomic mass is 16.2. The summed E-state index contributed by atoms with van der Waals surface area (Å²) in [7, 11) is 0. The summed E-state index contributed by atoms with van der Waals surface area (Å²) in [5, 5.41) is 11.9. The Morgan fingerprint density at radius 3 is 2.70 bits per heavy atom. The molecule has 0 saturated heterocycles. The first-order chi connectivity index (χ1) is 9.63. The van der Waals surface area contributed by atoms with E-state index < -0.39 is 0 Å². The summed E-state index contributed by atoms with van der Waals surface area (Å²) in [6, 6.07) is 8.96. The molecular formula is C16H23N3O. The fourth-order valence-electron chi connectivity index (χ4n) is 2.08. The quantitative estimate of drug-likeness (QED) is 0.831. The van der Waals surface area contributed by atoms with Crippen LogP contribution in [-0.4, -0.2) is 29.9 Å². The summed E-state index contributed by atoms with van der Waals surface area (Å²) < 4.78 is 0. The van der Waals surface area contributed by atoms with Crippen molar-refractivity contribution in [2.24, 2.45) is 0 Å². The Hall–Kier alpha value is -1.86. The van der Waals surface area contributed by atoms with Crippen molar-refractivity contribution in [1.82, 2.24) is 4.90 Å². The second-order valence-electron chi connectivity index (χ2n) is 4.80. The van der Waals surface area contributed by atoms with Crippen LogP contribution in [0.25, 0.3) is 0 Å². The molecule has 0 radical (unpaired) electrons. The van der Waals surface area contributed by atoms with Crippen molar-refractivity contribution >= 4 is 11.6 Å². The fraction of sp³-hybridized carbons (Fsp3) is 0.500. The fourth-order valence-corrected chi connectivity index (χ4v) is 2.08. The molecule has 1 atom stereocenters. The van der Waals surface area contributed by atoms with Crippen LogP contribution >= 0.6 is 0 Å². The van der Waals surface area contributed by atoms with Gasteiger partial charge >= 0.3 is 0 Å². The lowest BCUT2D eigenvalue weighted by atomic mass is 10.1. The minimum absolute atomic E-state index is 0.0642. The topological polar surface area (TPSA) is 56.1 Å². The van der Waals surface area contributed by atoms with E-state index in [4.69, 9.17) is 5.26 Å². The third kappa shape index (κ3) is 4.36. The smallest absolute Gasteiger partial charge is 0.241 e. The number of nitrogens with zero attached hydrogens (tertiary/aromatic N) is 2. The van der Waals surface area contributed by atoms with Crippen LogP contribution < -0.4 is 5.32 Å². The monoisotopic (exact) mass is 273 g/mol. The van der Waals surface area contributed by atoms with Gasteiger partial charge in [-0.2, -0.15) is 5.26 Å². The first-order valence-electron chi connectivity index (χ1n) is 7.18. The molecule has 0 aliphatic heterocycles. The van der Waals surface area contributed by atoms with Crippen molar-refractivity contribution in [2.45, 2.75) is 39.7 Å². The third-order valence-electron chi connectivity index (χ3n) is 3.44. The van der Waals surface area contributed by atoms with Crippen LogP contribution in [0, 0.1) is 11.3 Å². The number of rotatable bonds is 7. The van der Waals surface area contributed by atoms with E-state index in [1.165, 1.54) is 0 Å². The first-order valence-corrected chi connectivity index (χ1v) is 7.18. The number of amides is 1. The van der Waals surface area contributed by atoms with Gasteiger partial charge in [-0.05, 0) is 38.6 Å². The van der Waals surface area contributed by atoms with Gasteiger partial charge in [0.05, 0.1) is 17.3 Å². The minimum atomic E-state index is -0.196. The van der Waals surface area contributed by atoms with Crippen molar-refractivity contribution in [3.63, 3.8) is 0 Å². The van der Waals surface area contributed by atoms with E-state index in [-0.39, 0.29) is 11.9 Å². The molecule has 0 aromatic heterocycles. The number of hydrogen-bond donors (Lipinski definition) is 1. The molecule has 0 aliphatic rings. The number of para-hydroxylation sites is 1. The number of anilines is 1. The van der Waals surface area contributed by atoms with Gasteiger partial charge in [-0.3, -0.25) is 9.69 Å². The summed E-state index contributed by atoms with van der Waals surface area (Å²) in [5.41, 5.74) is 1.07. The Balaban J connectivity index is 2.72. The molecule has 1 rings (SSSR count). The maximum Gasteiger partial charge on any atom is 0.241 e. The number of nitriles is 1. The van der Waals surface area contributed by atoms with Crippen LogP contribution in [0.2, 0.25) is 0 Å². The molecule has 0 heterocycles. The van der Waals surface area contributed by atoms with E-state index >= 15 is 0 Å². The maximum absolute atomic E-state index is 12.3. The molecule has 0 bridgehead atoms. The highest BCUT2D eigenvalue weighted by molar-refractivity contribution is 5.95. The Bertz CT molecular complexity index is 479. The zero-order valence-electron chi connectivity index (χ0n) is 12.5. The zero-order chi connectivity index (χ0) is 15.0. The van der Waals surface area contributed by atoms with Gasteiger partial charge in [0.2, 0.25) is 5.91 Å². The summed E-state index contributed by atoms with van der Waals surface area (Å²) in [6.45, 7) is 7.86. The largest absolute Gasteiger partial charge is 0.324 e. The van der Waals surface area contributed by atoms with Crippen LogP contribution in [0.5, 0.6) is 0 Å². The lowest BCUT2D eigenvalue weighted by molar-refractivity contribution is -0.120. The Morgan fingerprint density at radius 1 is 1.40 bits per heavy atom. The number of likely N-dealkylation sites (N-methyl/N-ethyl adjacent to an activating group) is 1. The minimum Gasteiger partial charge on any atom is -0.324 e. The van der Waals surface area contributed by atoms with E-state index in [0.717, 1.165) is 25.9 Å². The molecule has 20 heavy (non-hydrogen) atoms. The van der Waals surface area contributed by atoms with Gasteiger partial charge in [-0.1, -0.05) is 32.4 Å². The van der Waals surface area contributed by atoms with E-state index in [0.29, 0.717) is 11.3 Å². The molecule has 1 N–H and O–H groups in total. The average molecular weight is 273 g/mol. The number of carbonyl (C=O) groups is 1. The van der Waals surface area contributed by atoms with Crippen LogP contribution in [0.15, 0.2) is 24.3 Å². The summed E-state index contributed by atoms with van der Waals surface area (Å²) >= 11 is 0. The van der Waals surface area contributed by atoms with Crippen molar-refractivity contribution in [1.29, 1.82) is 5.26 Å². The lowest BCUT2D eigenvalue weighted by Crippen LogP contribution is -2.42. The number of benzene rings is 1. The molecule has 0 fully saturated rings. The van der Waals surface area contributed by atoms with E-state index in [2.05, 4.69) is 30.1 Å². The van der Waals surface area contributed by atoms with Crippen molar-refractivity contribution in [3.8, 4) is 6.07 Å². The molecule has 0 saturated carbocycles. The molecule has 0 aliphatic carbocycles. The van der Waals surface area contributed by atoms with Crippen molar-refractivity contribution < 1.29 is 4.79 Å². The van der Waals surface area contributed by atoms with Gasteiger partial charge in [0.1, 0.15) is 6.07 Å². The van der Waals surface area contributed by atoms with E-state index in [9.17, 15) is 4.79 Å². The number of unbranched alkanes of at least 4 members (excludes halogenated alkanes) is 1. The molecule has 108 valence electrons. The summed E-state index contributed by atoms with van der Waals surface area (Å²) in [5.74, 6) is -0.0642. The first kappa shape index (κ1) is 16.2. The highest BCUT2D eigenvalue weighted by Crippen LogP contribution is 2.14. The molecule has 1 aromatic carbocycles. The molecular weight excluding hydrogens is 250 g/mol. The molecule has 0 spiro atoms. The average Bonchev–Trinajstić information content (AvgIpc) is 2.48. The summed E-state index contributed by atoms with van der Waals surface area (Å²) in [6.07, 6.45) is 2.20. The standard InChI is InChI=1S/C16H23N3O/c1-4-6-11-19(5-2)13(3)16(20)18-15-10-8-7-9-14(15)12-17/h7-10,13H,4-6,11H2,1-3H3,(H,18,20). The number of carbonyl (C=O) groups excluding carboxylic acids is 1. The van der Waals surface area contributed by atoms with Gasteiger partial charge in [0.15, 0.2) is 0 Å². The van der Waals surface area contributed by atoms with Crippen molar-refractivity contribution in [2.75, 3.05) is 18.4 Å². The SMILES string of the molecule is CCCCN(CC)C(C)C(=O)Nc1ccccc1C#N. The van der Waals surface area contributed by atoms with Crippen molar-refractivity contribution in [3.05, 3.63) is 29.8 Å². The summed E-state index contributed by atoms with van der Waals surface area (Å²) in [4.78, 5) is 14.4. The highest BCUT2D eigenvalue weighted by Gasteiger charge is 2.20. The predicted molar refractivity (Wildman–Crippen MR) is 81.4 cm³/mol. The molecule has 1 amide bonds. The van der Waals surface area contributed by atoms with Gasteiger partial charge < -0.3 is 5.32 Å². The molecule has 4 heteroatoms. The predicted octanol–water partition coefficient (Wildman–Crippen LogP) is 3.01. The Labute approximate surface area is 121 Å². The van der Waals surface area contributed by atoms with Gasteiger partial charge in [0, 0.05) is 0 Å². The normalized spacial score (nSPS) is 11.9. The molecule has 1 unspecified atom stereocenters. The lowest BCUT2D eigenvalue weighted by Gasteiger charge is -2.26. The second kappa shape index (κ2) is 8.34. The third-order valence-corrected chi connectivity index (χ3v) is 3.44. The molecule has 1 aromatic rings. The Kier molecular flexibility index (Phi) is 6.75. The second-order valence-corrected chi connectivity index (χ2v) is 4.80. The van der Waals surface area contributed by atoms with Gasteiger partial charge in [-0.15, -0.1) is 0 Å². The van der Waals surface area contributed by atoms with Crippen LogP contribution in [0.3, 0.4) is 0 Å². The van der Waals surface area contributed by atoms with Gasteiger partial charge in [-0.25, -0.2) is 0 Å². The van der Waals surface area contributed by atoms with E-state index in [1.807, 2.05) is 13.0 Å². The zero-order valence-corrected chi connectivity index (χ0v) is 12.5. The van der Waals surface area contributed by atoms with E-state index in [1.54, 1.807) is 18.2 Å². The maximum atomic E-state index is 12.3. The van der Waals surface area contributed by atoms with Gasteiger partial charge in [0.25, 0.3) is 0 Å². The Morgan fingerprint density at radius 2 is 2.10 bits per heavy atom. The number of nitrogens with one attached hydrogen (secondary N) is 1. The number of hydrogen-bond acceptors (Lipinski definition) is 3. The molecule has 4 nitrogen and oxygen atoms in total. The van der Waals surface area contributed by atoms with Crippen LogP contribution in [0.4, 0.5) is 5.69 Å². The van der Waals surface area contributed by atoms with Crippen LogP contribution in [0.1, 0.15) is 39.2 Å². The van der Waals surface area contributed by atoms with Crippen LogP contribution in [-0.2, 0) is 4.79 Å².